The molecule has 1 aromatic heterocycles. The first-order valence-corrected chi connectivity index (χ1v) is 20.3. The zero-order valence-corrected chi connectivity index (χ0v) is 34.3. The summed E-state index contributed by atoms with van der Waals surface area (Å²) in [6.45, 7) is 7.72. The minimum Gasteiger partial charge on any atom is -0.454 e. The molecule has 314 valence electrons. The van der Waals surface area contributed by atoms with Gasteiger partial charge in [-0.05, 0) is 93.7 Å². The molecule has 58 heavy (non-hydrogen) atoms. The number of para-hydroxylation sites is 1. The molecule has 0 spiro atoms. The Kier molecular flexibility index (Phi) is 13.8. The number of hydrogen-bond donors (Lipinski definition) is 2. The zero-order valence-electron chi connectivity index (χ0n) is 34.3. The van der Waals surface area contributed by atoms with Crippen LogP contribution in [0.15, 0.2) is 45.6 Å². The molecule has 2 N–H and O–H groups in total. The minimum atomic E-state index is -0.479. The second-order valence-electron chi connectivity index (χ2n) is 16.0. The average molecular weight is 804 g/mol. The molecule has 2 aromatic carbocycles. The summed E-state index contributed by atoms with van der Waals surface area (Å²) in [6.07, 6.45) is 5.97. The lowest BCUT2D eigenvalue weighted by Gasteiger charge is -2.39. The van der Waals surface area contributed by atoms with Gasteiger partial charge in [-0.25, -0.2) is 14.4 Å². The van der Waals surface area contributed by atoms with Crippen molar-refractivity contribution in [2.45, 2.75) is 83.3 Å². The zero-order chi connectivity index (χ0) is 41.5. The number of ether oxygens (including phenoxy) is 2. The number of urea groups is 1. The van der Waals surface area contributed by atoms with E-state index < -0.39 is 5.76 Å². The van der Waals surface area contributed by atoms with E-state index in [-0.39, 0.29) is 60.6 Å². The number of hydrogen-bond acceptors (Lipinski definition) is 10. The van der Waals surface area contributed by atoms with Gasteiger partial charge in [-0.15, -0.1) is 0 Å². The van der Waals surface area contributed by atoms with E-state index in [1.165, 1.54) is 17.6 Å². The molecule has 3 aromatic rings. The molecule has 0 saturated carbocycles. The van der Waals surface area contributed by atoms with E-state index in [9.17, 15) is 28.8 Å². The van der Waals surface area contributed by atoms with Crippen molar-refractivity contribution < 1.29 is 37.9 Å². The van der Waals surface area contributed by atoms with E-state index in [0.29, 0.717) is 50.2 Å². The number of aromatic nitrogens is 1. The normalized spacial score (nSPS) is 19.7. The number of oxazole rings is 1. The van der Waals surface area contributed by atoms with Crippen molar-refractivity contribution in [2.24, 2.45) is 5.92 Å². The Morgan fingerprint density at radius 3 is 2.31 bits per heavy atom. The van der Waals surface area contributed by atoms with Gasteiger partial charge in [0.25, 0.3) is 5.91 Å². The van der Waals surface area contributed by atoms with Gasteiger partial charge in [-0.1, -0.05) is 31.2 Å². The van der Waals surface area contributed by atoms with Crippen LogP contribution in [0.2, 0.25) is 0 Å². The molecule has 7 rings (SSSR count). The van der Waals surface area contributed by atoms with Gasteiger partial charge >= 0.3 is 23.8 Å². The number of carbonyl (C=O) groups is 5. The standard InChI is InChI=1S/C26H36N4O6.C16H21N3O3/c1-16-12-18(14-21-23(16)27-26(34)36-21)13-17(2)24(32)29-10-7-19(8-11-29)30-9-5-6-20(30)25(33)35-15-22(31)28(3)4;1-22-16(21)18-9-7-13(8-10-18)19-11-6-12-4-2-3-5-14(12)17-15(19)20/h12,14,17,19-20H,5-11,13,15H2,1-4H3,(H,27,34);2-5,13H,6-11H2,1H3,(H,17,20)/t17-,20-;/m1./s1. The van der Waals surface area contributed by atoms with Crippen LogP contribution in [0.5, 0.6) is 0 Å². The van der Waals surface area contributed by atoms with Crippen molar-refractivity contribution in [1.29, 1.82) is 0 Å². The van der Waals surface area contributed by atoms with Crippen LogP contribution in [0.1, 0.15) is 62.1 Å². The van der Waals surface area contributed by atoms with Crippen molar-refractivity contribution >= 4 is 46.7 Å². The second-order valence-corrected chi connectivity index (χ2v) is 16.0. The number of anilines is 1. The highest BCUT2D eigenvalue weighted by molar-refractivity contribution is 5.91. The molecule has 4 aliphatic heterocycles. The van der Waals surface area contributed by atoms with E-state index in [4.69, 9.17) is 13.9 Å². The number of rotatable bonds is 8. The van der Waals surface area contributed by atoms with Crippen molar-refractivity contribution in [1.82, 2.24) is 29.5 Å². The third kappa shape index (κ3) is 10.0. The molecule has 0 radical (unpaired) electrons. The number of nitrogens with one attached hydrogen (secondary N) is 2. The highest BCUT2D eigenvalue weighted by Gasteiger charge is 2.39. The van der Waals surface area contributed by atoms with Gasteiger partial charge in [0.15, 0.2) is 12.2 Å². The number of benzene rings is 2. The minimum absolute atomic E-state index is 0.0403. The molecule has 5 amide bonds. The first-order chi connectivity index (χ1) is 27.8. The Morgan fingerprint density at radius 1 is 0.914 bits per heavy atom. The number of carbonyl (C=O) groups excluding carboxylic acids is 5. The van der Waals surface area contributed by atoms with Crippen LogP contribution in [0.25, 0.3) is 11.1 Å². The molecule has 4 aliphatic rings. The van der Waals surface area contributed by atoms with Crippen molar-refractivity contribution in [3.63, 3.8) is 0 Å². The van der Waals surface area contributed by atoms with Crippen LogP contribution in [-0.2, 0) is 36.7 Å². The summed E-state index contributed by atoms with van der Waals surface area (Å²) >= 11 is 0. The number of esters is 1. The number of likely N-dealkylation sites (N-methyl/N-ethyl adjacent to an activating group) is 1. The van der Waals surface area contributed by atoms with Crippen LogP contribution >= 0.6 is 0 Å². The molecule has 5 heterocycles. The topological polar surface area (TPSA) is 178 Å². The Balaban J connectivity index is 0.000000220. The largest absolute Gasteiger partial charge is 0.454 e. The third-order valence-corrected chi connectivity index (χ3v) is 11.9. The molecular weight excluding hydrogens is 747 g/mol. The van der Waals surface area contributed by atoms with Gasteiger partial charge < -0.3 is 38.8 Å². The van der Waals surface area contributed by atoms with Gasteiger partial charge in [0.05, 0.1) is 12.6 Å². The summed E-state index contributed by atoms with van der Waals surface area (Å²) < 4.78 is 15.2. The molecule has 0 aliphatic carbocycles. The van der Waals surface area contributed by atoms with Crippen LogP contribution in [0.4, 0.5) is 15.3 Å². The van der Waals surface area contributed by atoms with Gasteiger partial charge in [0, 0.05) is 70.5 Å². The fourth-order valence-electron chi connectivity index (χ4n) is 8.65. The third-order valence-electron chi connectivity index (χ3n) is 11.9. The number of H-pyrrole nitrogens is 1. The van der Waals surface area contributed by atoms with E-state index in [2.05, 4.69) is 21.3 Å². The number of aromatic amines is 1. The predicted molar refractivity (Wildman–Crippen MR) is 216 cm³/mol. The number of methoxy groups -OCH3 is 1. The molecule has 16 nitrogen and oxygen atoms in total. The Morgan fingerprint density at radius 2 is 1.60 bits per heavy atom. The lowest BCUT2D eigenvalue weighted by Crippen LogP contribution is -2.51. The Hall–Kier alpha value is -5.38. The fourth-order valence-corrected chi connectivity index (χ4v) is 8.65. The number of piperidine rings is 2. The van der Waals surface area contributed by atoms with Gasteiger partial charge in [-0.2, -0.15) is 0 Å². The Labute approximate surface area is 338 Å². The number of nitrogens with zero attached hydrogens (tertiary/aromatic N) is 5. The smallest absolute Gasteiger partial charge is 0.417 e. The van der Waals surface area contributed by atoms with E-state index in [0.717, 1.165) is 68.3 Å². The van der Waals surface area contributed by atoms with Crippen molar-refractivity contribution in [3.8, 4) is 0 Å². The maximum Gasteiger partial charge on any atom is 0.417 e. The molecule has 2 atom stereocenters. The number of fused-ring (bicyclic) bond motifs is 2. The maximum atomic E-state index is 13.2. The lowest BCUT2D eigenvalue weighted by molar-refractivity contribution is -0.156. The lowest BCUT2D eigenvalue weighted by atomic mass is 9.96. The fraction of sp³-hybridized carbons (Fsp3) is 0.571. The van der Waals surface area contributed by atoms with Crippen LogP contribution in [-0.4, -0.2) is 145 Å². The predicted octanol–water partition coefficient (Wildman–Crippen LogP) is 4.00. The summed E-state index contributed by atoms with van der Waals surface area (Å²) in [5, 5.41) is 3.00. The number of aryl methyl sites for hydroxylation is 1. The molecule has 0 unspecified atom stereocenters. The van der Waals surface area contributed by atoms with Gasteiger partial charge in [0.1, 0.15) is 6.04 Å². The summed E-state index contributed by atoms with van der Waals surface area (Å²) in [6, 6.07) is 11.8. The van der Waals surface area contributed by atoms with Crippen LogP contribution in [0, 0.1) is 12.8 Å². The quantitative estimate of drug-likeness (QED) is 0.317. The first kappa shape index (κ1) is 42.2. The van der Waals surface area contributed by atoms with E-state index in [1.54, 1.807) is 19.0 Å². The molecular formula is C42H57N7O9. The molecule has 0 bridgehead atoms. The first-order valence-electron chi connectivity index (χ1n) is 20.3. The monoisotopic (exact) mass is 803 g/mol. The Bertz CT molecular complexity index is 2010. The summed E-state index contributed by atoms with van der Waals surface area (Å²) in [5.41, 5.74) is 5.16. The summed E-state index contributed by atoms with van der Waals surface area (Å²) in [7, 11) is 4.66. The van der Waals surface area contributed by atoms with Crippen molar-refractivity contribution in [2.75, 3.05) is 72.4 Å². The highest BCUT2D eigenvalue weighted by Crippen LogP contribution is 2.29. The SMILES string of the molecule is COC(=O)N1CCC(N2CCc3ccccc3NC2=O)CC1.Cc1cc(C[C@@H](C)C(=O)N2CCC(N3CCC[C@@H]3C(=O)OCC(=O)N(C)C)CC2)cc2oc(=O)[nH]c12. The van der Waals surface area contributed by atoms with Gasteiger partial charge in [0.2, 0.25) is 5.91 Å². The van der Waals surface area contributed by atoms with Gasteiger partial charge in [-0.3, -0.25) is 24.3 Å². The summed E-state index contributed by atoms with van der Waals surface area (Å²) in [4.78, 5) is 84.9. The summed E-state index contributed by atoms with van der Waals surface area (Å²) in [5.74, 6) is -1.14. The van der Waals surface area contributed by atoms with E-state index >= 15 is 0 Å². The van der Waals surface area contributed by atoms with Crippen LogP contribution in [0.3, 0.4) is 0 Å². The molecule has 16 heteroatoms. The molecule has 3 fully saturated rings. The second kappa shape index (κ2) is 18.9. The van der Waals surface area contributed by atoms with Crippen molar-refractivity contribution in [3.05, 3.63) is 63.6 Å². The molecule has 3 saturated heterocycles. The maximum absolute atomic E-state index is 13.2. The highest BCUT2D eigenvalue weighted by atomic mass is 16.5. The number of likely N-dealkylation sites (tertiary alicyclic amines) is 3. The number of amides is 5. The average Bonchev–Trinajstić information content (AvgIpc) is 3.83. The van der Waals surface area contributed by atoms with E-state index in [1.807, 2.05) is 54.0 Å². The van der Waals surface area contributed by atoms with Crippen LogP contribution < -0.4 is 11.1 Å².